The zero-order chi connectivity index (χ0) is 27.2. The fourth-order valence-electron chi connectivity index (χ4n) is 3.61. The maximum Gasteiger partial charge on any atom is 0.264 e. The van der Waals surface area contributed by atoms with Crippen molar-refractivity contribution in [1.29, 1.82) is 0 Å². The van der Waals surface area contributed by atoms with Gasteiger partial charge in [-0.2, -0.15) is 0 Å². The van der Waals surface area contributed by atoms with E-state index in [1.165, 1.54) is 87.8 Å². The molecule has 0 spiro atoms. The molecule has 0 aliphatic heterocycles. The van der Waals surface area contributed by atoms with Gasteiger partial charge in [-0.25, -0.2) is 12.8 Å². The van der Waals surface area contributed by atoms with Crippen molar-refractivity contribution in [1.82, 2.24) is 10.2 Å². The first-order valence-electron chi connectivity index (χ1n) is 11.2. The van der Waals surface area contributed by atoms with Crippen LogP contribution >= 0.6 is 11.6 Å². The number of hydrogen-bond donors (Lipinski definition) is 1. The predicted molar refractivity (Wildman–Crippen MR) is 139 cm³/mol. The van der Waals surface area contributed by atoms with E-state index < -0.39 is 40.2 Å². The molecule has 1 unspecified atom stereocenters. The summed E-state index contributed by atoms with van der Waals surface area (Å²) in [5, 5.41) is 2.85. The van der Waals surface area contributed by atoms with Crippen molar-refractivity contribution in [2.24, 2.45) is 0 Å². The van der Waals surface area contributed by atoms with Gasteiger partial charge in [-0.05, 0) is 61.5 Å². The van der Waals surface area contributed by atoms with Crippen LogP contribution in [0, 0.1) is 5.82 Å². The van der Waals surface area contributed by atoms with Gasteiger partial charge >= 0.3 is 0 Å². The van der Waals surface area contributed by atoms with E-state index in [1.807, 2.05) is 0 Å². The Balaban J connectivity index is 2.03. The van der Waals surface area contributed by atoms with Crippen LogP contribution in [0.15, 0.2) is 77.7 Å². The van der Waals surface area contributed by atoms with Crippen LogP contribution in [0.25, 0.3) is 0 Å². The van der Waals surface area contributed by atoms with Crippen LogP contribution in [0.4, 0.5) is 10.1 Å². The van der Waals surface area contributed by atoms with Crippen molar-refractivity contribution in [3.63, 3.8) is 0 Å². The third-order valence-electron chi connectivity index (χ3n) is 5.75. The Bertz CT molecular complexity index is 1350. The number of ether oxygens (including phenoxy) is 1. The normalized spacial score (nSPS) is 11.9. The van der Waals surface area contributed by atoms with Crippen LogP contribution in [0.3, 0.4) is 0 Å². The molecule has 3 aromatic carbocycles. The minimum absolute atomic E-state index is 0.0731. The number of nitrogens with zero attached hydrogens (tertiary/aromatic N) is 2. The fraction of sp³-hybridized carbons (Fsp3) is 0.231. The third-order valence-corrected chi connectivity index (χ3v) is 7.79. The second-order valence-electron chi connectivity index (χ2n) is 8.07. The van der Waals surface area contributed by atoms with E-state index in [9.17, 15) is 22.4 Å². The topological polar surface area (TPSA) is 96.0 Å². The maximum atomic E-state index is 14.4. The van der Waals surface area contributed by atoms with Crippen molar-refractivity contribution >= 4 is 39.1 Å². The van der Waals surface area contributed by atoms with Gasteiger partial charge in [0.1, 0.15) is 24.2 Å². The number of likely N-dealkylation sites (N-methyl/N-ethyl adjacent to an activating group) is 1. The predicted octanol–water partition coefficient (Wildman–Crippen LogP) is 3.85. The molecule has 37 heavy (non-hydrogen) atoms. The molecule has 0 aliphatic carbocycles. The standard InChI is InChI=1S/C26H27ClFN3O5S/c1-18(26(33)29-2)30(16-19-6-4-5-7-24(19)28)25(32)17-31(21-10-8-20(27)9-11-21)37(34,35)23-14-12-22(36-3)13-15-23/h4-15,18H,16-17H2,1-3H3,(H,29,33). The lowest BCUT2D eigenvalue weighted by atomic mass is 10.1. The highest BCUT2D eigenvalue weighted by atomic mass is 35.5. The highest BCUT2D eigenvalue weighted by molar-refractivity contribution is 7.92. The lowest BCUT2D eigenvalue weighted by Gasteiger charge is -2.31. The van der Waals surface area contributed by atoms with Crippen molar-refractivity contribution in [3.05, 3.63) is 89.2 Å². The Morgan fingerprint density at radius 3 is 2.22 bits per heavy atom. The minimum atomic E-state index is -4.24. The summed E-state index contributed by atoms with van der Waals surface area (Å²) in [5.74, 6) is -1.28. The Morgan fingerprint density at radius 1 is 1.03 bits per heavy atom. The summed E-state index contributed by atoms with van der Waals surface area (Å²) in [6.45, 7) is 0.602. The number of halogens is 2. The number of benzene rings is 3. The van der Waals surface area contributed by atoms with Crippen molar-refractivity contribution < 1.29 is 27.1 Å². The van der Waals surface area contributed by atoms with E-state index in [0.717, 1.165) is 9.21 Å². The van der Waals surface area contributed by atoms with Crippen LogP contribution in [-0.4, -0.2) is 51.9 Å². The molecule has 0 aliphatic rings. The number of carbonyl (C=O) groups excluding carboxylic acids is 2. The number of hydrogen-bond acceptors (Lipinski definition) is 5. The second kappa shape index (κ2) is 12.1. The first-order valence-corrected chi connectivity index (χ1v) is 13.1. The van der Waals surface area contributed by atoms with Gasteiger partial charge in [0.15, 0.2) is 0 Å². The van der Waals surface area contributed by atoms with Gasteiger partial charge in [-0.1, -0.05) is 29.8 Å². The first-order chi connectivity index (χ1) is 17.6. The Morgan fingerprint density at radius 2 is 1.65 bits per heavy atom. The van der Waals surface area contributed by atoms with Gasteiger partial charge in [-0.3, -0.25) is 13.9 Å². The smallest absolute Gasteiger partial charge is 0.264 e. The molecular formula is C26H27ClFN3O5S. The van der Waals surface area contributed by atoms with Crippen molar-refractivity contribution in [2.45, 2.75) is 24.4 Å². The largest absolute Gasteiger partial charge is 0.497 e. The molecule has 0 saturated heterocycles. The summed E-state index contributed by atoms with van der Waals surface area (Å²) in [4.78, 5) is 27.1. The number of amides is 2. The molecule has 0 aromatic heterocycles. The fourth-order valence-corrected chi connectivity index (χ4v) is 5.15. The van der Waals surface area contributed by atoms with Gasteiger partial charge in [0.2, 0.25) is 11.8 Å². The van der Waals surface area contributed by atoms with E-state index in [0.29, 0.717) is 10.8 Å². The molecule has 0 bridgehead atoms. The summed E-state index contributed by atoms with van der Waals surface area (Å²) < 4.78 is 47.8. The van der Waals surface area contributed by atoms with Gasteiger partial charge < -0.3 is 15.0 Å². The Hall–Kier alpha value is -3.63. The van der Waals surface area contributed by atoms with E-state index in [2.05, 4.69) is 5.32 Å². The summed E-state index contributed by atoms with van der Waals surface area (Å²) in [6, 6.07) is 16.5. The molecule has 1 atom stereocenters. The van der Waals surface area contributed by atoms with Crippen molar-refractivity contribution in [3.8, 4) is 5.75 Å². The molecule has 1 N–H and O–H groups in total. The Labute approximate surface area is 220 Å². The van der Waals surface area contributed by atoms with Crippen LogP contribution in [-0.2, 0) is 26.2 Å². The molecule has 0 radical (unpaired) electrons. The number of methoxy groups -OCH3 is 1. The van der Waals surface area contributed by atoms with Crippen LogP contribution < -0.4 is 14.4 Å². The summed E-state index contributed by atoms with van der Waals surface area (Å²) in [5.41, 5.74) is 0.370. The van der Waals surface area contributed by atoms with Crippen molar-refractivity contribution in [2.75, 3.05) is 25.0 Å². The number of rotatable bonds is 10. The molecule has 3 aromatic rings. The van der Waals surface area contributed by atoms with E-state index >= 15 is 0 Å². The molecule has 2 amide bonds. The molecule has 0 saturated carbocycles. The second-order valence-corrected chi connectivity index (χ2v) is 10.4. The van der Waals surface area contributed by atoms with Crippen LogP contribution in [0.1, 0.15) is 12.5 Å². The molecular weight excluding hydrogens is 521 g/mol. The van der Waals surface area contributed by atoms with E-state index in [1.54, 1.807) is 6.07 Å². The zero-order valence-electron chi connectivity index (χ0n) is 20.5. The average Bonchev–Trinajstić information content (AvgIpc) is 2.90. The van der Waals surface area contributed by atoms with Gasteiger partial charge in [-0.15, -0.1) is 0 Å². The lowest BCUT2D eigenvalue weighted by molar-refractivity contribution is -0.139. The molecule has 196 valence electrons. The summed E-state index contributed by atoms with van der Waals surface area (Å²) in [6.07, 6.45) is 0. The Kier molecular flexibility index (Phi) is 9.12. The zero-order valence-corrected chi connectivity index (χ0v) is 22.1. The summed E-state index contributed by atoms with van der Waals surface area (Å²) >= 11 is 6.00. The van der Waals surface area contributed by atoms with Gasteiger partial charge in [0, 0.05) is 24.2 Å². The number of sulfonamides is 1. The first kappa shape index (κ1) is 27.9. The number of carbonyl (C=O) groups is 2. The van der Waals surface area contributed by atoms with Gasteiger partial charge in [0.05, 0.1) is 17.7 Å². The molecule has 8 nitrogen and oxygen atoms in total. The third kappa shape index (κ3) is 6.58. The quantitative estimate of drug-likeness (QED) is 0.416. The SMILES string of the molecule is CNC(=O)C(C)N(Cc1ccccc1F)C(=O)CN(c1ccc(Cl)cc1)S(=O)(=O)c1ccc(OC)cc1. The van der Waals surface area contributed by atoms with Crippen LogP contribution in [0.2, 0.25) is 5.02 Å². The highest BCUT2D eigenvalue weighted by Gasteiger charge is 2.32. The number of anilines is 1. The highest BCUT2D eigenvalue weighted by Crippen LogP contribution is 2.27. The summed E-state index contributed by atoms with van der Waals surface area (Å²) in [7, 11) is -1.37. The van der Waals surface area contributed by atoms with E-state index in [4.69, 9.17) is 16.3 Å². The lowest BCUT2D eigenvalue weighted by Crippen LogP contribution is -2.50. The molecule has 11 heteroatoms. The van der Waals surface area contributed by atoms with Crippen LogP contribution in [0.5, 0.6) is 5.75 Å². The van der Waals surface area contributed by atoms with E-state index in [-0.39, 0.29) is 22.7 Å². The minimum Gasteiger partial charge on any atom is -0.497 e. The monoisotopic (exact) mass is 547 g/mol. The number of nitrogens with one attached hydrogen (secondary N) is 1. The molecule has 0 fully saturated rings. The maximum absolute atomic E-state index is 14.4. The average molecular weight is 548 g/mol. The molecule has 3 rings (SSSR count). The molecule has 0 heterocycles. The van der Waals surface area contributed by atoms with Gasteiger partial charge in [0.25, 0.3) is 10.0 Å².